The van der Waals surface area contributed by atoms with Gasteiger partial charge in [0.2, 0.25) is 0 Å². The Labute approximate surface area is 160 Å². The first kappa shape index (κ1) is 19.6. The van der Waals surface area contributed by atoms with Crippen molar-refractivity contribution >= 4 is 18.1 Å². The molecule has 1 aliphatic rings. The van der Waals surface area contributed by atoms with Crippen molar-refractivity contribution in [2.45, 2.75) is 25.2 Å². The summed E-state index contributed by atoms with van der Waals surface area (Å²) >= 11 is 0. The zero-order valence-corrected chi connectivity index (χ0v) is 14.8. The van der Waals surface area contributed by atoms with E-state index in [2.05, 4.69) is 0 Å². The van der Waals surface area contributed by atoms with E-state index in [9.17, 15) is 30.3 Å². The lowest BCUT2D eigenvalue weighted by Gasteiger charge is -2.10. The normalized spacial score (nSPS) is 19.6. The minimum absolute atomic E-state index is 0.0251. The molecule has 0 radical (unpaired) electrons. The third kappa shape index (κ3) is 4.07. The van der Waals surface area contributed by atoms with Crippen molar-refractivity contribution in [1.29, 1.82) is 0 Å². The molecule has 1 aliphatic carbocycles. The van der Waals surface area contributed by atoms with Crippen LogP contribution in [0.15, 0.2) is 47.5 Å². The van der Waals surface area contributed by atoms with E-state index in [-0.39, 0.29) is 22.6 Å². The summed E-state index contributed by atoms with van der Waals surface area (Å²) in [6.45, 7) is 0. The van der Waals surface area contributed by atoms with Gasteiger partial charge in [-0.25, -0.2) is 4.79 Å². The fraction of sp³-hybridized carbons (Fsp3) is 0.190. The van der Waals surface area contributed by atoms with Crippen LogP contribution in [0.25, 0.3) is 12.2 Å². The van der Waals surface area contributed by atoms with Gasteiger partial charge in [-0.3, -0.25) is 0 Å². The first-order chi connectivity index (χ1) is 13.3. The molecule has 1 unspecified atom stereocenters. The fourth-order valence-electron chi connectivity index (χ4n) is 3.21. The van der Waals surface area contributed by atoms with Crippen LogP contribution in [0.4, 0.5) is 0 Å². The van der Waals surface area contributed by atoms with Crippen molar-refractivity contribution in [3.8, 4) is 11.5 Å². The highest BCUT2D eigenvalue weighted by Crippen LogP contribution is 2.34. The minimum atomic E-state index is -1.81. The second-order valence-corrected chi connectivity index (χ2v) is 6.61. The third-order valence-electron chi connectivity index (χ3n) is 4.69. The van der Waals surface area contributed by atoms with Crippen LogP contribution in [0.3, 0.4) is 0 Å². The highest BCUT2D eigenvalue weighted by Gasteiger charge is 2.24. The van der Waals surface area contributed by atoms with Crippen molar-refractivity contribution < 1.29 is 35.4 Å². The number of aromatic hydroxyl groups is 2. The van der Waals surface area contributed by atoms with Crippen LogP contribution >= 0.6 is 0 Å². The molecule has 0 bridgehead atoms. The summed E-state index contributed by atoms with van der Waals surface area (Å²) in [5.41, 5.74) is 2.34. The molecule has 1 saturated carbocycles. The van der Waals surface area contributed by atoms with Crippen molar-refractivity contribution in [3.63, 3.8) is 0 Å². The van der Waals surface area contributed by atoms with Gasteiger partial charge >= 0.3 is 5.97 Å². The summed E-state index contributed by atoms with van der Waals surface area (Å²) in [6, 6.07) is 8.59. The van der Waals surface area contributed by atoms with Crippen LogP contribution in [-0.2, 0) is 0 Å². The van der Waals surface area contributed by atoms with E-state index in [1.165, 1.54) is 24.3 Å². The molecular weight excluding hydrogens is 364 g/mol. The number of aliphatic hydroxyl groups is 3. The maximum absolute atomic E-state index is 11.1. The van der Waals surface area contributed by atoms with Crippen LogP contribution in [-0.4, -0.2) is 42.7 Å². The lowest BCUT2D eigenvalue weighted by atomic mass is 10.0. The molecule has 0 aliphatic heterocycles. The quantitative estimate of drug-likeness (QED) is 0.445. The molecule has 6 N–H and O–H groups in total. The Morgan fingerprint density at radius 3 is 2.00 bits per heavy atom. The Bertz CT molecular complexity index is 973. The summed E-state index contributed by atoms with van der Waals surface area (Å²) in [5, 5.41) is 57.5. The van der Waals surface area contributed by atoms with E-state index in [1.54, 1.807) is 24.3 Å². The molecular formula is C21H20O7. The average molecular weight is 384 g/mol. The van der Waals surface area contributed by atoms with Crippen molar-refractivity contribution in [3.05, 3.63) is 69.8 Å². The Balaban J connectivity index is 1.87. The van der Waals surface area contributed by atoms with Crippen LogP contribution < -0.4 is 0 Å². The van der Waals surface area contributed by atoms with Crippen LogP contribution in [0.1, 0.15) is 46.2 Å². The van der Waals surface area contributed by atoms with E-state index in [0.29, 0.717) is 35.1 Å². The van der Waals surface area contributed by atoms with E-state index >= 15 is 0 Å². The van der Waals surface area contributed by atoms with Gasteiger partial charge in [-0.05, 0) is 59.4 Å². The Morgan fingerprint density at radius 2 is 1.46 bits per heavy atom. The molecule has 2 aromatic carbocycles. The second-order valence-electron chi connectivity index (χ2n) is 6.61. The summed E-state index contributed by atoms with van der Waals surface area (Å²) in [4.78, 5) is 11.1. The van der Waals surface area contributed by atoms with Gasteiger partial charge < -0.3 is 30.6 Å². The van der Waals surface area contributed by atoms with Crippen LogP contribution in [0.5, 0.6) is 11.5 Å². The van der Waals surface area contributed by atoms with Gasteiger partial charge in [-0.1, -0.05) is 24.3 Å². The van der Waals surface area contributed by atoms with Gasteiger partial charge in [0.15, 0.2) is 6.29 Å². The topological polar surface area (TPSA) is 138 Å². The number of hydrogen-bond acceptors (Lipinski definition) is 6. The van der Waals surface area contributed by atoms with E-state index < -0.39 is 18.4 Å². The number of aliphatic hydroxyl groups excluding tert-OH is 2. The molecule has 0 heterocycles. The molecule has 146 valence electrons. The Kier molecular flexibility index (Phi) is 5.51. The third-order valence-corrected chi connectivity index (χ3v) is 4.69. The molecule has 3 rings (SSSR count). The van der Waals surface area contributed by atoms with Gasteiger partial charge in [0.1, 0.15) is 17.1 Å². The van der Waals surface area contributed by atoms with Gasteiger partial charge in [0.25, 0.3) is 0 Å². The second kappa shape index (κ2) is 7.85. The number of benzene rings is 2. The lowest BCUT2D eigenvalue weighted by molar-refractivity contribution is -0.0438. The van der Waals surface area contributed by atoms with E-state index in [1.807, 2.05) is 0 Å². The van der Waals surface area contributed by atoms with Gasteiger partial charge in [-0.2, -0.15) is 0 Å². The first-order valence-electron chi connectivity index (χ1n) is 8.60. The summed E-state index contributed by atoms with van der Waals surface area (Å²) in [7, 11) is 0. The predicted octanol–water partition coefficient (Wildman–Crippen LogP) is 2.40. The van der Waals surface area contributed by atoms with Crippen molar-refractivity contribution in [2.75, 3.05) is 0 Å². The molecule has 28 heavy (non-hydrogen) atoms. The SMILES string of the molecule is O=C(O)c1cc(/C=C2\CC/C(=C\c3ccc(O)c(C(O)O)c3)C2O)ccc1O. The largest absolute Gasteiger partial charge is 0.507 e. The molecule has 1 fully saturated rings. The van der Waals surface area contributed by atoms with Gasteiger partial charge in [-0.15, -0.1) is 0 Å². The first-order valence-corrected chi connectivity index (χ1v) is 8.60. The number of carboxylic acids is 1. The summed E-state index contributed by atoms with van der Waals surface area (Å²) < 4.78 is 0. The van der Waals surface area contributed by atoms with E-state index in [0.717, 1.165) is 0 Å². The molecule has 7 heteroatoms. The standard InChI is InChI=1S/C21H20O7/c22-17-5-1-11(9-15(17)20(25)26)7-13-3-4-14(19(13)24)8-12-2-6-18(23)16(10-12)21(27)28/h1-2,5-10,19-20,22-26H,3-4H2,(H,27,28)/b13-7+,14-8+. The molecule has 0 amide bonds. The fourth-order valence-corrected chi connectivity index (χ4v) is 3.21. The van der Waals surface area contributed by atoms with E-state index in [4.69, 9.17) is 5.11 Å². The summed E-state index contributed by atoms with van der Waals surface area (Å²) in [6.07, 6.45) is 1.89. The number of phenols is 2. The zero-order chi connectivity index (χ0) is 20.4. The molecule has 2 aromatic rings. The van der Waals surface area contributed by atoms with Crippen LogP contribution in [0.2, 0.25) is 0 Å². The number of hydrogen-bond donors (Lipinski definition) is 6. The van der Waals surface area contributed by atoms with Crippen molar-refractivity contribution in [2.24, 2.45) is 0 Å². The maximum atomic E-state index is 11.1. The number of aromatic carboxylic acids is 1. The molecule has 1 atom stereocenters. The highest BCUT2D eigenvalue weighted by atomic mass is 16.5. The Morgan fingerprint density at radius 1 is 0.929 bits per heavy atom. The zero-order valence-electron chi connectivity index (χ0n) is 14.8. The predicted molar refractivity (Wildman–Crippen MR) is 102 cm³/mol. The molecule has 0 aromatic heterocycles. The minimum Gasteiger partial charge on any atom is -0.507 e. The monoisotopic (exact) mass is 384 g/mol. The lowest BCUT2D eigenvalue weighted by Crippen LogP contribution is -2.05. The van der Waals surface area contributed by atoms with Gasteiger partial charge in [0, 0.05) is 5.56 Å². The molecule has 0 spiro atoms. The maximum Gasteiger partial charge on any atom is 0.339 e. The number of carboxylic acid groups (broad SMARTS) is 1. The van der Waals surface area contributed by atoms with Crippen LogP contribution in [0, 0.1) is 0 Å². The molecule has 7 nitrogen and oxygen atoms in total. The van der Waals surface area contributed by atoms with Crippen molar-refractivity contribution in [1.82, 2.24) is 0 Å². The summed E-state index contributed by atoms with van der Waals surface area (Å²) in [5.74, 6) is -1.79. The molecule has 0 saturated heterocycles. The Hall–Kier alpha value is -3.13. The number of phenolic OH excluding ortho intramolecular Hbond substituents is 1. The average Bonchev–Trinajstić information content (AvgIpc) is 2.97. The van der Waals surface area contributed by atoms with Gasteiger partial charge in [0.05, 0.1) is 6.10 Å². The number of rotatable bonds is 4. The highest BCUT2D eigenvalue weighted by molar-refractivity contribution is 5.91. The smallest absolute Gasteiger partial charge is 0.339 e. The number of carbonyl (C=O) groups is 1.